The van der Waals surface area contributed by atoms with Gasteiger partial charge >= 0.3 is 0 Å². The molecule has 31 heavy (non-hydrogen) atoms. The minimum atomic E-state index is -0.273. The second-order valence-corrected chi connectivity index (χ2v) is 7.65. The number of nitrogens with one attached hydrogen (secondary N) is 4. The van der Waals surface area contributed by atoms with Crippen LogP contribution in [0.3, 0.4) is 0 Å². The predicted molar refractivity (Wildman–Crippen MR) is 117 cm³/mol. The van der Waals surface area contributed by atoms with E-state index in [1.165, 1.54) is 0 Å². The maximum Gasteiger partial charge on any atom is 0.268 e. The van der Waals surface area contributed by atoms with Crippen LogP contribution < -0.4 is 16.0 Å². The van der Waals surface area contributed by atoms with Gasteiger partial charge in [-0.15, -0.1) is 0 Å². The number of hydrogen-bond donors (Lipinski definition) is 5. The molecule has 0 spiro atoms. The highest BCUT2D eigenvalue weighted by Gasteiger charge is 2.27. The number of hydrogen-bond acceptors (Lipinski definition) is 4. The van der Waals surface area contributed by atoms with E-state index in [4.69, 9.17) is 5.11 Å². The number of carbonyl (C=O) groups excluding carboxylic acids is 3. The smallest absolute Gasteiger partial charge is 0.268 e. The molecule has 1 atom stereocenters. The van der Waals surface area contributed by atoms with Gasteiger partial charge in [0.1, 0.15) is 5.69 Å². The second kappa shape index (κ2) is 8.61. The molecule has 1 aliphatic rings. The van der Waals surface area contributed by atoms with Crippen molar-refractivity contribution < 1.29 is 19.5 Å². The number of aromatic nitrogens is 1. The van der Waals surface area contributed by atoms with Crippen LogP contribution in [0.2, 0.25) is 0 Å². The van der Waals surface area contributed by atoms with Gasteiger partial charge in [-0.05, 0) is 54.4 Å². The van der Waals surface area contributed by atoms with E-state index >= 15 is 0 Å². The van der Waals surface area contributed by atoms with Gasteiger partial charge in [-0.25, -0.2) is 0 Å². The van der Waals surface area contributed by atoms with E-state index in [9.17, 15) is 14.4 Å². The summed E-state index contributed by atoms with van der Waals surface area (Å²) < 4.78 is 0. The van der Waals surface area contributed by atoms with Gasteiger partial charge in [0.15, 0.2) is 0 Å². The van der Waals surface area contributed by atoms with Crippen molar-refractivity contribution in [1.82, 2.24) is 15.6 Å². The Balaban J connectivity index is 1.50. The van der Waals surface area contributed by atoms with Crippen LogP contribution >= 0.6 is 0 Å². The lowest BCUT2D eigenvalue weighted by Crippen LogP contribution is -2.33. The zero-order valence-electron chi connectivity index (χ0n) is 17.1. The lowest BCUT2D eigenvalue weighted by atomic mass is 9.93. The summed E-state index contributed by atoms with van der Waals surface area (Å²) in [5.41, 5.74) is 3.84. The highest BCUT2D eigenvalue weighted by molar-refractivity contribution is 6.08. The average molecular weight is 420 g/mol. The summed E-state index contributed by atoms with van der Waals surface area (Å²) in [7, 11) is 0. The maximum absolute atomic E-state index is 12.8. The molecule has 1 unspecified atom stereocenters. The number of amides is 3. The first kappa shape index (κ1) is 20.6. The van der Waals surface area contributed by atoms with Crippen LogP contribution in [0, 0.1) is 0 Å². The van der Waals surface area contributed by atoms with Crippen molar-refractivity contribution in [2.45, 2.75) is 19.3 Å². The van der Waals surface area contributed by atoms with Crippen molar-refractivity contribution in [2.75, 3.05) is 25.0 Å². The quantitative estimate of drug-likeness (QED) is 0.393. The van der Waals surface area contributed by atoms with E-state index in [0.29, 0.717) is 42.0 Å². The number of aliphatic hydroxyl groups is 1. The third-order valence-electron chi connectivity index (χ3n) is 5.42. The van der Waals surface area contributed by atoms with E-state index in [2.05, 4.69) is 20.9 Å². The van der Waals surface area contributed by atoms with E-state index in [1.54, 1.807) is 36.4 Å². The number of rotatable bonds is 6. The lowest BCUT2D eigenvalue weighted by molar-refractivity contribution is 0.0933. The van der Waals surface area contributed by atoms with Crippen molar-refractivity contribution in [2.24, 2.45) is 0 Å². The fraction of sp³-hybridized carbons (Fsp3) is 0.261. The highest BCUT2D eigenvalue weighted by atomic mass is 16.3. The van der Waals surface area contributed by atoms with Crippen LogP contribution in [-0.4, -0.2) is 47.5 Å². The molecular weight excluding hydrogens is 396 g/mol. The number of fused-ring (bicyclic) bond motifs is 3. The highest BCUT2D eigenvalue weighted by Crippen LogP contribution is 2.32. The van der Waals surface area contributed by atoms with Crippen LogP contribution in [0.5, 0.6) is 0 Å². The van der Waals surface area contributed by atoms with Crippen LogP contribution in [0.4, 0.5) is 5.69 Å². The summed E-state index contributed by atoms with van der Waals surface area (Å²) in [6.45, 7) is 3.03. The molecule has 0 aliphatic carbocycles. The number of H-pyrrole nitrogens is 1. The number of aromatic amines is 1. The molecule has 0 saturated heterocycles. The summed E-state index contributed by atoms with van der Waals surface area (Å²) in [6.07, 6.45) is 0.498. The number of anilines is 1. The number of carbonyl (C=O) groups is 3. The molecule has 1 aliphatic heterocycles. The molecule has 1 aromatic heterocycles. The Kier molecular flexibility index (Phi) is 5.73. The molecule has 0 fully saturated rings. The molecule has 2 heterocycles. The van der Waals surface area contributed by atoms with E-state index < -0.39 is 0 Å². The molecule has 0 radical (unpaired) electrons. The molecular formula is C23H24N4O4. The number of aliphatic hydroxyl groups excluding tert-OH is 1. The number of benzene rings is 2. The Morgan fingerprint density at radius 1 is 1.10 bits per heavy atom. The first-order valence-electron chi connectivity index (χ1n) is 10.2. The molecule has 0 saturated carbocycles. The van der Waals surface area contributed by atoms with Crippen molar-refractivity contribution in [3.63, 3.8) is 0 Å². The normalized spacial score (nSPS) is 15.3. The van der Waals surface area contributed by atoms with Gasteiger partial charge < -0.3 is 26.0 Å². The minimum Gasteiger partial charge on any atom is -0.396 e. The monoisotopic (exact) mass is 420 g/mol. The Bertz CT molecular complexity index is 1150. The van der Waals surface area contributed by atoms with Crippen LogP contribution in [-0.2, 0) is 0 Å². The van der Waals surface area contributed by atoms with E-state index in [0.717, 1.165) is 16.5 Å². The summed E-state index contributed by atoms with van der Waals surface area (Å²) in [4.78, 5) is 40.1. The standard InChI is InChI=1S/C23H24N4O4/c1-13-12-25-23(31)20-19(13)17-11-15(5-8-18(17)27-20)22(30)26-16-6-3-14(4-7-16)21(29)24-9-2-10-28/h3-8,11,13,27-28H,2,9-10,12H2,1H3,(H,24,29)(H,25,31)(H,26,30). The second-order valence-electron chi connectivity index (χ2n) is 7.65. The molecule has 2 aromatic carbocycles. The molecule has 4 rings (SSSR count). The van der Waals surface area contributed by atoms with Crippen LogP contribution in [0.25, 0.3) is 10.9 Å². The molecule has 0 bridgehead atoms. The van der Waals surface area contributed by atoms with Crippen LogP contribution in [0.1, 0.15) is 56.0 Å². The minimum absolute atomic E-state index is 0.0225. The molecule has 3 amide bonds. The van der Waals surface area contributed by atoms with Gasteiger partial charge in [0, 0.05) is 53.3 Å². The fourth-order valence-electron chi connectivity index (χ4n) is 3.77. The summed E-state index contributed by atoms with van der Waals surface area (Å²) >= 11 is 0. The topological polar surface area (TPSA) is 123 Å². The van der Waals surface area contributed by atoms with Crippen molar-refractivity contribution >= 4 is 34.3 Å². The molecule has 8 heteroatoms. The summed E-state index contributed by atoms with van der Waals surface area (Å²) in [6, 6.07) is 11.9. The van der Waals surface area contributed by atoms with Crippen LogP contribution in [0.15, 0.2) is 42.5 Å². The summed E-state index contributed by atoms with van der Waals surface area (Å²) in [5.74, 6) is -0.483. The Morgan fingerprint density at radius 2 is 1.84 bits per heavy atom. The van der Waals surface area contributed by atoms with Crippen molar-refractivity contribution in [3.05, 3.63) is 64.8 Å². The molecule has 5 N–H and O–H groups in total. The third-order valence-corrected chi connectivity index (χ3v) is 5.42. The van der Waals surface area contributed by atoms with Gasteiger partial charge in [0.25, 0.3) is 17.7 Å². The predicted octanol–water partition coefficient (Wildman–Crippen LogP) is 2.38. The zero-order chi connectivity index (χ0) is 22.0. The first-order chi connectivity index (χ1) is 15.0. The molecule has 160 valence electrons. The van der Waals surface area contributed by atoms with E-state index in [-0.39, 0.29) is 30.2 Å². The first-order valence-corrected chi connectivity index (χ1v) is 10.2. The van der Waals surface area contributed by atoms with Gasteiger partial charge in [-0.2, -0.15) is 0 Å². The third kappa shape index (κ3) is 4.15. The van der Waals surface area contributed by atoms with Crippen molar-refractivity contribution in [1.29, 1.82) is 0 Å². The largest absolute Gasteiger partial charge is 0.396 e. The van der Waals surface area contributed by atoms with Gasteiger partial charge in [0.2, 0.25) is 0 Å². The van der Waals surface area contributed by atoms with E-state index in [1.807, 2.05) is 13.0 Å². The summed E-state index contributed by atoms with van der Waals surface area (Å²) in [5, 5.41) is 18.1. The lowest BCUT2D eigenvalue weighted by Gasteiger charge is -2.19. The van der Waals surface area contributed by atoms with Gasteiger partial charge in [-0.1, -0.05) is 6.92 Å². The average Bonchev–Trinajstić information content (AvgIpc) is 3.17. The Hall–Kier alpha value is -3.65. The van der Waals surface area contributed by atoms with Gasteiger partial charge in [0.05, 0.1) is 0 Å². The molecule has 3 aromatic rings. The van der Waals surface area contributed by atoms with Crippen molar-refractivity contribution in [3.8, 4) is 0 Å². The SMILES string of the molecule is CC1CNC(=O)c2[nH]c3ccc(C(=O)Nc4ccc(C(=O)NCCCO)cc4)cc3c21. The van der Waals surface area contributed by atoms with Gasteiger partial charge in [-0.3, -0.25) is 14.4 Å². The zero-order valence-corrected chi connectivity index (χ0v) is 17.1. The fourth-order valence-corrected chi connectivity index (χ4v) is 3.77. The molecule has 8 nitrogen and oxygen atoms in total. The Morgan fingerprint density at radius 3 is 2.58 bits per heavy atom. The maximum atomic E-state index is 12.8. The Labute approximate surface area is 179 Å².